The molecule has 1 aliphatic rings. The molecular weight excluding hydrogens is 272 g/mol. The molecule has 2 heterocycles. The quantitative estimate of drug-likeness (QED) is 0.836. The molecular formula is C15H18N2O2S. The van der Waals surface area contributed by atoms with Crippen molar-refractivity contribution >= 4 is 17.7 Å². The number of carbonyl (C=O) groups is 1. The number of hydrogen-bond donors (Lipinski definition) is 1. The van der Waals surface area contributed by atoms with Crippen LogP contribution in [0.25, 0.3) is 0 Å². The topological polar surface area (TPSA) is 53.4 Å². The third kappa shape index (κ3) is 3.53. The maximum absolute atomic E-state index is 12.6. The van der Waals surface area contributed by atoms with Gasteiger partial charge in [0.2, 0.25) is 0 Å². The van der Waals surface area contributed by atoms with Gasteiger partial charge in [0.15, 0.2) is 0 Å². The van der Waals surface area contributed by atoms with Crippen molar-refractivity contribution in [1.29, 1.82) is 0 Å². The largest absolute Gasteiger partial charge is 0.384 e. The third-order valence-corrected chi connectivity index (χ3v) is 4.57. The van der Waals surface area contributed by atoms with Gasteiger partial charge in [-0.25, -0.2) is 4.98 Å². The molecule has 0 spiro atoms. The Morgan fingerprint density at radius 1 is 1.65 bits per heavy atom. The van der Waals surface area contributed by atoms with E-state index in [4.69, 9.17) is 5.11 Å². The summed E-state index contributed by atoms with van der Waals surface area (Å²) in [5.41, 5.74) is 0.966. The zero-order valence-electron chi connectivity index (χ0n) is 11.5. The molecule has 20 heavy (non-hydrogen) atoms. The average molecular weight is 290 g/mol. The van der Waals surface area contributed by atoms with Gasteiger partial charge in [0.25, 0.3) is 5.91 Å². The van der Waals surface area contributed by atoms with E-state index in [-0.39, 0.29) is 12.5 Å². The van der Waals surface area contributed by atoms with E-state index < -0.39 is 0 Å². The van der Waals surface area contributed by atoms with Gasteiger partial charge in [0.1, 0.15) is 12.3 Å². The second kappa shape index (κ2) is 7.32. The van der Waals surface area contributed by atoms with Crippen molar-refractivity contribution in [1.82, 2.24) is 9.88 Å². The van der Waals surface area contributed by atoms with Crippen molar-refractivity contribution < 1.29 is 9.90 Å². The number of aliphatic hydroxyl groups is 1. The molecule has 4 nitrogen and oxygen atoms in total. The first-order valence-corrected chi connectivity index (χ1v) is 7.76. The summed E-state index contributed by atoms with van der Waals surface area (Å²) >= 11 is 1.92. The summed E-state index contributed by atoms with van der Waals surface area (Å²) in [6, 6.07) is 3.51. The molecule has 106 valence electrons. The monoisotopic (exact) mass is 290 g/mol. The van der Waals surface area contributed by atoms with Crippen molar-refractivity contribution in [3.63, 3.8) is 0 Å². The molecule has 1 aliphatic heterocycles. The zero-order valence-corrected chi connectivity index (χ0v) is 12.3. The molecule has 0 saturated carbocycles. The van der Waals surface area contributed by atoms with Gasteiger partial charge < -0.3 is 10.0 Å². The number of nitrogens with zero attached hydrogens (tertiary/aromatic N) is 2. The zero-order chi connectivity index (χ0) is 14.4. The number of amides is 1. The molecule has 0 aliphatic carbocycles. The van der Waals surface area contributed by atoms with Crippen LogP contribution in [0.2, 0.25) is 0 Å². The van der Waals surface area contributed by atoms with Crippen LogP contribution < -0.4 is 0 Å². The lowest BCUT2D eigenvalue weighted by molar-refractivity contribution is 0.0754. The summed E-state index contributed by atoms with van der Waals surface area (Å²) < 4.78 is 0. The Kier molecular flexibility index (Phi) is 5.45. The maximum Gasteiger partial charge on any atom is 0.273 e. The third-order valence-electron chi connectivity index (χ3n) is 3.19. The van der Waals surface area contributed by atoms with Crippen molar-refractivity contribution in [2.24, 2.45) is 0 Å². The van der Waals surface area contributed by atoms with Gasteiger partial charge in [-0.3, -0.25) is 4.79 Å². The second-order valence-corrected chi connectivity index (χ2v) is 5.92. The maximum atomic E-state index is 12.6. The van der Waals surface area contributed by atoms with Crippen LogP contribution in [0.1, 0.15) is 29.4 Å². The molecule has 5 heteroatoms. The summed E-state index contributed by atoms with van der Waals surface area (Å²) in [5.74, 6) is 6.27. The molecule has 0 aromatic carbocycles. The highest BCUT2D eigenvalue weighted by molar-refractivity contribution is 8.00. The molecule has 1 unspecified atom stereocenters. The van der Waals surface area contributed by atoms with Crippen molar-refractivity contribution in [3.05, 3.63) is 29.6 Å². The van der Waals surface area contributed by atoms with Crippen LogP contribution in [0.3, 0.4) is 0 Å². The summed E-state index contributed by atoms with van der Waals surface area (Å²) in [7, 11) is 0. The van der Waals surface area contributed by atoms with E-state index in [1.807, 2.05) is 16.7 Å². The second-order valence-electron chi connectivity index (χ2n) is 4.51. The fourth-order valence-corrected chi connectivity index (χ4v) is 3.29. The Morgan fingerprint density at radius 3 is 3.25 bits per heavy atom. The lowest BCUT2D eigenvalue weighted by Crippen LogP contribution is -2.42. The van der Waals surface area contributed by atoms with E-state index in [1.54, 1.807) is 18.3 Å². The van der Waals surface area contributed by atoms with Gasteiger partial charge in [0.05, 0.1) is 5.56 Å². The van der Waals surface area contributed by atoms with E-state index in [9.17, 15) is 4.79 Å². The minimum atomic E-state index is -0.221. The highest BCUT2D eigenvalue weighted by Crippen LogP contribution is 2.22. The number of carbonyl (C=O) groups excluding carboxylic acids is 1. The Balaban J connectivity index is 2.20. The van der Waals surface area contributed by atoms with Gasteiger partial charge in [-0.15, -0.1) is 0 Å². The molecule has 1 aromatic heterocycles. The highest BCUT2D eigenvalue weighted by Gasteiger charge is 2.25. The molecule has 2 rings (SSSR count). The standard InChI is InChI=1S/C15H18N2O2S/c1-2-13-11-17(8-10-20-13)15(19)14-12(6-4-9-18)5-3-7-16-14/h3,5,7,13,18H,2,8-11H2,1H3. The normalized spacial score (nSPS) is 18.3. The van der Waals surface area contributed by atoms with Gasteiger partial charge in [-0.1, -0.05) is 18.8 Å². The predicted octanol–water partition coefficient (Wildman–Crippen LogP) is 1.39. The lowest BCUT2D eigenvalue weighted by atomic mass is 10.1. The van der Waals surface area contributed by atoms with Crippen LogP contribution in [-0.2, 0) is 0 Å². The van der Waals surface area contributed by atoms with E-state index in [1.165, 1.54) is 0 Å². The summed E-state index contributed by atoms with van der Waals surface area (Å²) in [6.45, 7) is 3.44. The molecule has 1 amide bonds. The Hall–Kier alpha value is -1.51. The van der Waals surface area contributed by atoms with Gasteiger partial charge in [-0.2, -0.15) is 11.8 Å². The van der Waals surface area contributed by atoms with E-state index in [0.717, 1.165) is 25.3 Å². The number of aliphatic hydroxyl groups excluding tert-OH is 1. The summed E-state index contributed by atoms with van der Waals surface area (Å²) in [4.78, 5) is 18.6. The smallest absolute Gasteiger partial charge is 0.273 e. The van der Waals surface area contributed by atoms with Crippen LogP contribution in [0, 0.1) is 11.8 Å². The average Bonchev–Trinajstić information content (AvgIpc) is 2.52. The summed E-state index contributed by atoms with van der Waals surface area (Å²) in [5, 5.41) is 9.28. The number of rotatable bonds is 2. The predicted molar refractivity (Wildman–Crippen MR) is 80.6 cm³/mol. The van der Waals surface area contributed by atoms with Crippen molar-refractivity contribution in [2.45, 2.75) is 18.6 Å². The SMILES string of the molecule is CCC1CN(C(=O)c2ncccc2C#CCO)CCS1. The minimum absolute atomic E-state index is 0.0633. The highest BCUT2D eigenvalue weighted by atomic mass is 32.2. The van der Waals surface area contributed by atoms with Gasteiger partial charge in [-0.05, 0) is 18.6 Å². The number of thioether (sulfide) groups is 1. The number of pyridine rings is 1. The first-order chi connectivity index (χ1) is 9.76. The number of aromatic nitrogens is 1. The Bertz CT molecular complexity index is 536. The molecule has 1 aromatic rings. The molecule has 0 radical (unpaired) electrons. The van der Waals surface area contributed by atoms with Crippen molar-refractivity contribution in [2.75, 3.05) is 25.4 Å². The molecule has 1 atom stereocenters. The summed E-state index contributed by atoms with van der Waals surface area (Å²) in [6.07, 6.45) is 2.67. The van der Waals surface area contributed by atoms with Gasteiger partial charge in [0, 0.05) is 30.3 Å². The Morgan fingerprint density at radius 2 is 2.50 bits per heavy atom. The van der Waals surface area contributed by atoms with E-state index in [0.29, 0.717) is 16.5 Å². The molecule has 1 fully saturated rings. The van der Waals surface area contributed by atoms with Crippen LogP contribution in [0.15, 0.2) is 18.3 Å². The van der Waals surface area contributed by atoms with E-state index in [2.05, 4.69) is 23.7 Å². The van der Waals surface area contributed by atoms with Crippen LogP contribution >= 0.6 is 11.8 Å². The van der Waals surface area contributed by atoms with Gasteiger partial charge >= 0.3 is 0 Å². The Labute approximate surface area is 123 Å². The fraction of sp³-hybridized carbons (Fsp3) is 0.467. The van der Waals surface area contributed by atoms with Crippen molar-refractivity contribution in [3.8, 4) is 11.8 Å². The fourth-order valence-electron chi connectivity index (χ4n) is 2.11. The van der Waals surface area contributed by atoms with Crippen LogP contribution in [-0.4, -0.2) is 51.6 Å². The first-order valence-electron chi connectivity index (χ1n) is 6.72. The lowest BCUT2D eigenvalue weighted by Gasteiger charge is -2.31. The molecule has 1 N–H and O–H groups in total. The number of hydrogen-bond acceptors (Lipinski definition) is 4. The first kappa shape index (κ1) is 14.9. The van der Waals surface area contributed by atoms with E-state index >= 15 is 0 Å². The minimum Gasteiger partial charge on any atom is -0.384 e. The van der Waals surface area contributed by atoms with Crippen LogP contribution in [0.5, 0.6) is 0 Å². The molecule has 1 saturated heterocycles. The molecule has 0 bridgehead atoms. The van der Waals surface area contributed by atoms with Crippen LogP contribution in [0.4, 0.5) is 0 Å².